The summed E-state index contributed by atoms with van der Waals surface area (Å²) < 4.78 is 22.8. The summed E-state index contributed by atoms with van der Waals surface area (Å²) in [5, 5.41) is 7.01. The molecule has 2 rings (SSSR count). The number of aromatic nitrogens is 2. The molecule has 1 N–H and O–H groups in total. The number of ether oxygens (including phenoxy) is 4. The van der Waals surface area contributed by atoms with Crippen molar-refractivity contribution in [2.75, 3.05) is 20.3 Å². The zero-order valence-electron chi connectivity index (χ0n) is 20.1. The van der Waals surface area contributed by atoms with Gasteiger partial charge in [-0.1, -0.05) is 26.0 Å². The van der Waals surface area contributed by atoms with Gasteiger partial charge in [-0.3, -0.25) is 0 Å². The zero-order valence-corrected chi connectivity index (χ0v) is 20.1. The van der Waals surface area contributed by atoms with E-state index in [1.54, 1.807) is 38.4 Å². The van der Waals surface area contributed by atoms with Crippen LogP contribution in [0.25, 0.3) is 6.20 Å². The maximum Gasteiger partial charge on any atom is 0.408 e. The summed E-state index contributed by atoms with van der Waals surface area (Å²) in [5.74, 6) is 0.772. The average molecular weight is 460 g/mol. The summed E-state index contributed by atoms with van der Waals surface area (Å²) in [6.45, 7) is 10.1. The molecule has 0 aliphatic rings. The monoisotopic (exact) mass is 459 g/mol. The van der Waals surface area contributed by atoms with Gasteiger partial charge in [0.25, 0.3) is 0 Å². The van der Waals surface area contributed by atoms with E-state index in [4.69, 9.17) is 18.9 Å². The minimum Gasteiger partial charge on any atom is -0.497 e. The van der Waals surface area contributed by atoms with E-state index < -0.39 is 17.6 Å². The number of carbonyl (C=O) groups excluding carboxylic acids is 2. The van der Waals surface area contributed by atoms with Crippen LogP contribution in [0, 0.1) is 5.92 Å². The lowest BCUT2D eigenvalue weighted by atomic mass is 10.1. The van der Waals surface area contributed by atoms with E-state index in [1.807, 2.05) is 39.8 Å². The highest BCUT2D eigenvalue weighted by Crippen LogP contribution is 2.21. The molecule has 1 aromatic carbocycles. The fourth-order valence-corrected chi connectivity index (χ4v) is 2.66. The molecule has 9 heteroatoms. The van der Waals surface area contributed by atoms with Gasteiger partial charge in [-0.05, 0) is 50.5 Å². The smallest absolute Gasteiger partial charge is 0.408 e. The summed E-state index contributed by atoms with van der Waals surface area (Å²) in [5.41, 5.74) is 0.323. The van der Waals surface area contributed by atoms with Crippen LogP contribution in [0.4, 0.5) is 4.79 Å². The number of esters is 1. The van der Waals surface area contributed by atoms with Crippen LogP contribution in [0.2, 0.25) is 0 Å². The Labute approximate surface area is 194 Å². The number of rotatable bonds is 11. The molecule has 1 heterocycles. The second kappa shape index (κ2) is 11.9. The molecule has 1 aromatic heterocycles. The van der Waals surface area contributed by atoms with E-state index in [1.165, 1.54) is 10.9 Å². The fraction of sp³-hybridized carbons (Fsp3) is 0.458. The molecular formula is C24H33N3O6. The van der Waals surface area contributed by atoms with Gasteiger partial charge in [-0.15, -0.1) is 0 Å². The Morgan fingerprint density at radius 2 is 1.88 bits per heavy atom. The first-order valence-electron chi connectivity index (χ1n) is 10.8. The number of alkyl carbamates (subject to hydrolysis) is 1. The molecule has 9 nitrogen and oxygen atoms in total. The molecule has 0 fully saturated rings. The first-order chi connectivity index (χ1) is 15.6. The zero-order chi connectivity index (χ0) is 24.4. The van der Waals surface area contributed by atoms with Gasteiger partial charge in [0.15, 0.2) is 0 Å². The van der Waals surface area contributed by atoms with Crippen molar-refractivity contribution >= 4 is 18.3 Å². The molecule has 0 radical (unpaired) electrons. The standard InChI is InChI=1S/C24H33N3O6/c1-7-31-22(28)20-14-25-27(21(20)32-15-17(2)3)13-12-24(4,5)26-23(29)33-16-18-8-10-19(30-6)11-9-18/h8-14,17H,7,15-16H2,1-6H3,(H,26,29). The maximum absolute atomic E-state index is 12.3. The third kappa shape index (κ3) is 8.17. The Morgan fingerprint density at radius 3 is 2.48 bits per heavy atom. The van der Waals surface area contributed by atoms with E-state index in [0.717, 1.165) is 11.3 Å². The van der Waals surface area contributed by atoms with Gasteiger partial charge in [-0.25, -0.2) is 14.3 Å². The van der Waals surface area contributed by atoms with Crippen molar-refractivity contribution in [1.82, 2.24) is 15.1 Å². The highest BCUT2D eigenvalue weighted by atomic mass is 16.5. The van der Waals surface area contributed by atoms with Crippen molar-refractivity contribution < 1.29 is 28.5 Å². The van der Waals surface area contributed by atoms with E-state index in [0.29, 0.717) is 6.61 Å². The van der Waals surface area contributed by atoms with E-state index >= 15 is 0 Å². The largest absolute Gasteiger partial charge is 0.497 e. The number of amides is 1. The highest BCUT2D eigenvalue weighted by molar-refractivity contribution is 5.92. The Morgan fingerprint density at radius 1 is 1.18 bits per heavy atom. The van der Waals surface area contributed by atoms with Gasteiger partial charge < -0.3 is 24.3 Å². The minimum atomic E-state index is -0.762. The number of hydrogen-bond donors (Lipinski definition) is 1. The van der Waals surface area contributed by atoms with Gasteiger partial charge >= 0.3 is 12.1 Å². The molecule has 0 unspecified atom stereocenters. The lowest BCUT2D eigenvalue weighted by Crippen LogP contribution is -2.42. The molecule has 0 bridgehead atoms. The van der Waals surface area contributed by atoms with Crippen LogP contribution in [0.1, 0.15) is 50.5 Å². The summed E-state index contributed by atoms with van der Waals surface area (Å²) in [7, 11) is 1.59. The third-order valence-electron chi connectivity index (χ3n) is 4.38. The SMILES string of the molecule is CCOC(=O)c1cnn(C=CC(C)(C)NC(=O)OCc2ccc(OC)cc2)c1OCC(C)C. The fourth-order valence-electron chi connectivity index (χ4n) is 2.66. The molecule has 0 saturated heterocycles. The normalized spacial score (nSPS) is 11.5. The van der Waals surface area contributed by atoms with Crippen LogP contribution >= 0.6 is 0 Å². The van der Waals surface area contributed by atoms with Gasteiger partial charge in [0.2, 0.25) is 5.88 Å². The molecule has 33 heavy (non-hydrogen) atoms. The predicted molar refractivity (Wildman–Crippen MR) is 124 cm³/mol. The Balaban J connectivity index is 2.04. The van der Waals surface area contributed by atoms with Gasteiger partial charge in [-0.2, -0.15) is 5.10 Å². The molecule has 2 aromatic rings. The molecule has 0 saturated carbocycles. The lowest BCUT2D eigenvalue weighted by Gasteiger charge is -2.22. The lowest BCUT2D eigenvalue weighted by molar-refractivity contribution is 0.0520. The third-order valence-corrected chi connectivity index (χ3v) is 4.38. The molecule has 0 atom stereocenters. The Bertz CT molecular complexity index is 948. The molecule has 0 spiro atoms. The molecule has 1 amide bonds. The van der Waals surface area contributed by atoms with E-state index in [2.05, 4.69) is 10.4 Å². The summed E-state index contributed by atoms with van der Waals surface area (Å²) >= 11 is 0. The van der Waals surface area contributed by atoms with Crippen LogP contribution in [0.5, 0.6) is 11.6 Å². The van der Waals surface area contributed by atoms with Crippen molar-refractivity contribution in [3.8, 4) is 11.6 Å². The van der Waals surface area contributed by atoms with Crippen LogP contribution in [-0.2, 0) is 16.1 Å². The van der Waals surface area contributed by atoms with Gasteiger partial charge in [0, 0.05) is 6.20 Å². The maximum atomic E-state index is 12.3. The number of benzene rings is 1. The number of nitrogens with one attached hydrogen (secondary N) is 1. The van der Waals surface area contributed by atoms with Crippen molar-refractivity contribution in [3.63, 3.8) is 0 Å². The first kappa shape index (κ1) is 25.8. The van der Waals surface area contributed by atoms with E-state index in [9.17, 15) is 9.59 Å². The molecule has 0 aliphatic carbocycles. The summed E-state index contributed by atoms with van der Waals surface area (Å²) in [4.78, 5) is 24.5. The van der Waals surface area contributed by atoms with Crippen LogP contribution in [0.15, 0.2) is 36.5 Å². The minimum absolute atomic E-state index is 0.130. The quantitative estimate of drug-likeness (QED) is 0.501. The van der Waals surface area contributed by atoms with Crippen molar-refractivity contribution in [1.29, 1.82) is 0 Å². The van der Waals surface area contributed by atoms with Crippen molar-refractivity contribution in [3.05, 3.63) is 47.7 Å². The van der Waals surface area contributed by atoms with Crippen LogP contribution in [0.3, 0.4) is 0 Å². The first-order valence-corrected chi connectivity index (χ1v) is 10.8. The number of methoxy groups -OCH3 is 1. The van der Waals surface area contributed by atoms with Gasteiger partial charge in [0.05, 0.1) is 32.1 Å². The topological polar surface area (TPSA) is 101 Å². The predicted octanol–water partition coefficient (Wildman–Crippen LogP) is 4.28. The molecule has 0 aliphatic heterocycles. The van der Waals surface area contributed by atoms with Crippen LogP contribution in [-0.4, -0.2) is 47.7 Å². The average Bonchev–Trinajstić information content (AvgIpc) is 3.18. The number of carbonyl (C=O) groups is 2. The summed E-state index contributed by atoms with van der Waals surface area (Å²) in [6.07, 6.45) is 4.19. The highest BCUT2D eigenvalue weighted by Gasteiger charge is 2.22. The Kier molecular flexibility index (Phi) is 9.32. The van der Waals surface area contributed by atoms with Gasteiger partial charge in [0.1, 0.15) is 17.9 Å². The second-order valence-corrected chi connectivity index (χ2v) is 8.32. The van der Waals surface area contributed by atoms with Crippen molar-refractivity contribution in [2.24, 2.45) is 5.92 Å². The summed E-state index contributed by atoms with van der Waals surface area (Å²) in [6, 6.07) is 7.26. The van der Waals surface area contributed by atoms with Crippen molar-refractivity contribution in [2.45, 2.75) is 46.8 Å². The molecule has 180 valence electrons. The van der Waals surface area contributed by atoms with E-state index in [-0.39, 0.29) is 30.6 Å². The second-order valence-electron chi connectivity index (χ2n) is 8.32. The number of nitrogens with zero attached hydrogens (tertiary/aromatic N) is 2. The molecular weight excluding hydrogens is 426 g/mol. The number of hydrogen-bond acceptors (Lipinski definition) is 7. The van der Waals surface area contributed by atoms with Crippen LogP contribution < -0.4 is 14.8 Å². The Hall–Kier alpha value is -3.49.